The Labute approximate surface area is 120 Å². The van der Waals surface area contributed by atoms with Crippen LogP contribution >= 0.6 is 0 Å². The van der Waals surface area contributed by atoms with Gasteiger partial charge in [0.1, 0.15) is 0 Å². The van der Waals surface area contributed by atoms with Gasteiger partial charge in [-0.05, 0) is 30.0 Å². The third-order valence-electron chi connectivity index (χ3n) is 3.30. The lowest BCUT2D eigenvalue weighted by Crippen LogP contribution is -2.18. The molecule has 0 atom stereocenters. The summed E-state index contributed by atoms with van der Waals surface area (Å²) < 4.78 is 7.31. The summed E-state index contributed by atoms with van der Waals surface area (Å²) in [5.41, 5.74) is 2.59. The van der Waals surface area contributed by atoms with E-state index in [9.17, 15) is 0 Å². The summed E-state index contributed by atoms with van der Waals surface area (Å²) in [4.78, 5) is 0. The van der Waals surface area contributed by atoms with E-state index >= 15 is 0 Å². The number of ether oxygens (including phenoxy) is 1. The molecule has 1 N–H and O–H groups in total. The Bertz CT molecular complexity index is 604. The van der Waals surface area contributed by atoms with Crippen molar-refractivity contribution in [1.29, 1.82) is 0 Å². The molecule has 0 radical (unpaired) electrons. The third kappa shape index (κ3) is 3.86. The molecule has 3 heteroatoms. The van der Waals surface area contributed by atoms with E-state index in [2.05, 4.69) is 52.2 Å². The van der Waals surface area contributed by atoms with Crippen molar-refractivity contribution in [3.8, 4) is 11.8 Å². The highest BCUT2D eigenvalue weighted by Crippen LogP contribution is 2.18. The van der Waals surface area contributed by atoms with Gasteiger partial charge in [-0.1, -0.05) is 12.1 Å². The Morgan fingerprint density at radius 1 is 1.30 bits per heavy atom. The highest BCUT2D eigenvalue weighted by Gasteiger charge is 2.02. The molecule has 1 aromatic carbocycles. The molecule has 0 spiro atoms. The largest absolute Gasteiger partial charge is 0.383 e. The van der Waals surface area contributed by atoms with Crippen molar-refractivity contribution in [3.63, 3.8) is 0 Å². The molecule has 0 fully saturated rings. The van der Waals surface area contributed by atoms with E-state index in [1.54, 1.807) is 7.11 Å². The molecule has 0 bridgehead atoms. The van der Waals surface area contributed by atoms with Crippen LogP contribution in [0, 0.1) is 11.8 Å². The Morgan fingerprint density at radius 2 is 2.20 bits per heavy atom. The third-order valence-corrected chi connectivity index (χ3v) is 3.30. The van der Waals surface area contributed by atoms with Gasteiger partial charge < -0.3 is 14.6 Å². The van der Waals surface area contributed by atoms with Gasteiger partial charge >= 0.3 is 0 Å². The number of rotatable bonds is 7. The highest BCUT2D eigenvalue weighted by molar-refractivity contribution is 5.80. The van der Waals surface area contributed by atoms with Gasteiger partial charge in [-0.15, -0.1) is 11.8 Å². The Morgan fingerprint density at radius 3 is 3.00 bits per heavy atom. The molecule has 20 heavy (non-hydrogen) atoms. The number of hydrogen-bond acceptors (Lipinski definition) is 2. The molecule has 2 aromatic rings. The highest BCUT2D eigenvalue weighted by atomic mass is 16.5. The molecule has 0 saturated heterocycles. The molecular weight excluding hydrogens is 248 g/mol. The average molecular weight is 270 g/mol. The fraction of sp³-hybridized carbons (Fsp3) is 0.412. The molecule has 1 heterocycles. The van der Waals surface area contributed by atoms with Crippen molar-refractivity contribution < 1.29 is 4.74 Å². The van der Waals surface area contributed by atoms with Crippen LogP contribution in [0.2, 0.25) is 0 Å². The van der Waals surface area contributed by atoms with Crippen LogP contribution in [0.15, 0.2) is 30.5 Å². The molecule has 2 rings (SSSR count). The lowest BCUT2D eigenvalue weighted by atomic mass is 10.1. The number of nitrogens with one attached hydrogen (secondary N) is 1. The van der Waals surface area contributed by atoms with Crippen LogP contribution in [0.1, 0.15) is 18.9 Å². The topological polar surface area (TPSA) is 26.2 Å². The van der Waals surface area contributed by atoms with Crippen LogP contribution in [-0.2, 0) is 17.8 Å². The normalized spacial score (nSPS) is 10.5. The summed E-state index contributed by atoms with van der Waals surface area (Å²) in [5.74, 6) is 6.06. The lowest BCUT2D eigenvalue weighted by molar-refractivity contribution is 0.199. The first-order valence-corrected chi connectivity index (χ1v) is 7.02. The van der Waals surface area contributed by atoms with Crippen LogP contribution in [0.4, 0.5) is 0 Å². The van der Waals surface area contributed by atoms with E-state index in [1.165, 1.54) is 16.5 Å². The Hall–Kier alpha value is -1.76. The zero-order valence-corrected chi connectivity index (χ0v) is 12.3. The monoisotopic (exact) mass is 270 g/mol. The van der Waals surface area contributed by atoms with Crippen LogP contribution in [0.5, 0.6) is 0 Å². The standard InChI is InChI=1S/C17H22N2O/c1-3-4-5-10-19-11-8-16-7-6-15(13-17(16)19)14-18-9-12-20-2/h6-8,11,13,18H,5,9-10,12,14H2,1-2H3. The van der Waals surface area contributed by atoms with Crippen LogP contribution in [-0.4, -0.2) is 24.8 Å². The maximum Gasteiger partial charge on any atom is 0.0587 e. The molecule has 0 aliphatic rings. The van der Waals surface area contributed by atoms with Crippen LogP contribution in [0.25, 0.3) is 10.9 Å². The second kappa shape index (κ2) is 7.74. The fourth-order valence-electron chi connectivity index (χ4n) is 2.24. The van der Waals surface area contributed by atoms with E-state index < -0.39 is 0 Å². The van der Waals surface area contributed by atoms with E-state index in [4.69, 9.17) is 4.74 Å². The number of nitrogens with zero attached hydrogens (tertiary/aromatic N) is 1. The number of benzene rings is 1. The van der Waals surface area contributed by atoms with Crippen LogP contribution < -0.4 is 5.32 Å². The zero-order chi connectivity index (χ0) is 14.2. The molecule has 3 nitrogen and oxygen atoms in total. The minimum atomic E-state index is 0.744. The lowest BCUT2D eigenvalue weighted by Gasteiger charge is -2.07. The first-order valence-electron chi connectivity index (χ1n) is 7.02. The minimum Gasteiger partial charge on any atom is -0.383 e. The summed E-state index contributed by atoms with van der Waals surface area (Å²) >= 11 is 0. The van der Waals surface area contributed by atoms with Crippen molar-refractivity contribution in [2.75, 3.05) is 20.3 Å². The van der Waals surface area contributed by atoms with Gasteiger partial charge in [-0.2, -0.15) is 0 Å². The molecule has 106 valence electrons. The predicted molar refractivity (Wildman–Crippen MR) is 83.6 cm³/mol. The number of aromatic nitrogens is 1. The molecule has 0 aliphatic heterocycles. The summed E-state index contributed by atoms with van der Waals surface area (Å²) in [6.07, 6.45) is 3.04. The summed E-state index contributed by atoms with van der Waals surface area (Å²) in [6, 6.07) is 8.79. The van der Waals surface area contributed by atoms with Gasteiger partial charge in [0.15, 0.2) is 0 Å². The summed E-state index contributed by atoms with van der Waals surface area (Å²) in [5, 5.41) is 4.66. The average Bonchev–Trinajstić information content (AvgIpc) is 2.87. The number of fused-ring (bicyclic) bond motifs is 1. The molecular formula is C17H22N2O. The van der Waals surface area contributed by atoms with Gasteiger partial charge in [0, 0.05) is 44.9 Å². The van der Waals surface area contributed by atoms with Crippen molar-refractivity contribution in [3.05, 3.63) is 36.0 Å². The first kappa shape index (κ1) is 14.6. The van der Waals surface area contributed by atoms with Crippen molar-refractivity contribution >= 4 is 10.9 Å². The molecule has 0 saturated carbocycles. The molecule has 1 aromatic heterocycles. The van der Waals surface area contributed by atoms with Gasteiger partial charge in [-0.3, -0.25) is 0 Å². The van der Waals surface area contributed by atoms with E-state index in [0.29, 0.717) is 0 Å². The SMILES string of the molecule is CC#CCCn1ccc2ccc(CNCCOC)cc21. The van der Waals surface area contributed by atoms with Crippen molar-refractivity contribution in [2.45, 2.75) is 26.4 Å². The number of methoxy groups -OCH3 is 1. The molecule has 0 aliphatic carbocycles. The maximum absolute atomic E-state index is 5.03. The maximum atomic E-state index is 5.03. The van der Waals surface area contributed by atoms with Crippen molar-refractivity contribution in [1.82, 2.24) is 9.88 Å². The summed E-state index contributed by atoms with van der Waals surface area (Å²) in [7, 11) is 1.72. The molecule has 0 amide bonds. The van der Waals surface area contributed by atoms with E-state index in [1.807, 2.05) is 6.92 Å². The van der Waals surface area contributed by atoms with E-state index in [-0.39, 0.29) is 0 Å². The van der Waals surface area contributed by atoms with Gasteiger partial charge in [-0.25, -0.2) is 0 Å². The Balaban J connectivity index is 2.05. The minimum absolute atomic E-state index is 0.744. The quantitative estimate of drug-likeness (QED) is 0.618. The fourth-order valence-corrected chi connectivity index (χ4v) is 2.24. The zero-order valence-electron chi connectivity index (χ0n) is 12.3. The van der Waals surface area contributed by atoms with Gasteiger partial charge in [0.25, 0.3) is 0 Å². The second-order valence-electron chi connectivity index (χ2n) is 4.75. The molecule has 0 unspecified atom stereocenters. The first-order chi connectivity index (χ1) is 9.85. The number of hydrogen-bond donors (Lipinski definition) is 1. The Kier molecular flexibility index (Phi) is 5.67. The summed E-state index contributed by atoms with van der Waals surface area (Å²) in [6.45, 7) is 5.33. The van der Waals surface area contributed by atoms with Crippen molar-refractivity contribution in [2.24, 2.45) is 0 Å². The van der Waals surface area contributed by atoms with Gasteiger partial charge in [0.05, 0.1) is 6.61 Å². The smallest absolute Gasteiger partial charge is 0.0587 e. The van der Waals surface area contributed by atoms with Crippen LogP contribution in [0.3, 0.4) is 0 Å². The second-order valence-corrected chi connectivity index (χ2v) is 4.75. The van der Waals surface area contributed by atoms with Gasteiger partial charge in [0.2, 0.25) is 0 Å². The van der Waals surface area contributed by atoms with E-state index in [0.717, 1.165) is 32.7 Å². The number of aryl methyl sites for hydroxylation is 1. The predicted octanol–water partition coefficient (Wildman–Crippen LogP) is 2.79.